The summed E-state index contributed by atoms with van der Waals surface area (Å²) in [6.45, 7) is 6.12. The van der Waals surface area contributed by atoms with Crippen LogP contribution in [0.15, 0.2) is 41.4 Å². The van der Waals surface area contributed by atoms with Gasteiger partial charge in [-0.1, -0.05) is 25.0 Å². The molecule has 0 saturated carbocycles. The monoisotopic (exact) mass is 460 g/mol. The Kier molecular flexibility index (Phi) is 7.29. The fraction of sp³-hybridized carbons (Fsp3) is 0.357. The van der Waals surface area contributed by atoms with Crippen molar-refractivity contribution in [2.45, 2.75) is 59.3 Å². The second-order valence-electron chi connectivity index (χ2n) is 8.85. The third kappa shape index (κ3) is 5.36. The molecule has 1 heterocycles. The van der Waals surface area contributed by atoms with Gasteiger partial charge in [-0.05, 0) is 98.5 Å². The van der Waals surface area contributed by atoms with E-state index >= 15 is 0 Å². The molecule has 1 amide bonds. The zero-order valence-corrected chi connectivity index (χ0v) is 20.8. The highest BCUT2D eigenvalue weighted by Gasteiger charge is 2.24. The van der Waals surface area contributed by atoms with E-state index in [0.717, 1.165) is 63.5 Å². The second-order valence-corrected chi connectivity index (χ2v) is 9.93. The highest BCUT2D eigenvalue weighted by molar-refractivity contribution is 7.16. The van der Waals surface area contributed by atoms with E-state index in [1.165, 1.54) is 29.7 Å². The first-order valence-electron chi connectivity index (χ1n) is 11.7. The van der Waals surface area contributed by atoms with Crippen LogP contribution in [0, 0.1) is 20.8 Å². The zero-order valence-electron chi connectivity index (χ0n) is 20.0. The van der Waals surface area contributed by atoms with E-state index in [0.29, 0.717) is 0 Å². The number of carbonyl (C=O) groups excluding carboxylic acids is 1. The van der Waals surface area contributed by atoms with Gasteiger partial charge < -0.3 is 10.1 Å². The van der Waals surface area contributed by atoms with Crippen LogP contribution in [0.3, 0.4) is 0 Å². The summed E-state index contributed by atoms with van der Waals surface area (Å²) in [5, 5.41) is 3.99. The van der Waals surface area contributed by atoms with Gasteiger partial charge in [0.1, 0.15) is 10.8 Å². The summed E-state index contributed by atoms with van der Waals surface area (Å²) >= 11 is 1.68. The summed E-state index contributed by atoms with van der Waals surface area (Å²) in [6.07, 6.45) is 8.62. The molecule has 0 spiro atoms. The van der Waals surface area contributed by atoms with Crippen LogP contribution in [-0.2, 0) is 12.8 Å². The Bertz CT molecular complexity index is 1190. The van der Waals surface area contributed by atoms with Crippen LogP contribution in [0.4, 0.5) is 10.7 Å². The number of fused-ring (bicyclic) bond motifs is 1. The van der Waals surface area contributed by atoms with Gasteiger partial charge >= 0.3 is 0 Å². The molecular weight excluding hydrogens is 428 g/mol. The van der Waals surface area contributed by atoms with Crippen molar-refractivity contribution in [3.8, 4) is 5.75 Å². The minimum Gasteiger partial charge on any atom is -0.497 e. The minimum absolute atomic E-state index is 0.0552. The molecule has 1 aliphatic rings. The maximum absolute atomic E-state index is 13.6. The third-order valence-electron chi connectivity index (χ3n) is 6.32. The first-order chi connectivity index (χ1) is 16.0. The summed E-state index contributed by atoms with van der Waals surface area (Å²) in [5.41, 5.74) is 7.12. The SMILES string of the molecule is COc1ccc(C=Nc2sc3c(c2C(=O)Nc2cc(C)ccc2C)CCCCCC3)c(C)c1. The van der Waals surface area contributed by atoms with Crippen molar-refractivity contribution in [2.75, 3.05) is 12.4 Å². The van der Waals surface area contributed by atoms with E-state index in [-0.39, 0.29) is 5.91 Å². The molecule has 4 nitrogen and oxygen atoms in total. The van der Waals surface area contributed by atoms with Crippen molar-refractivity contribution in [1.29, 1.82) is 0 Å². The number of amides is 1. The molecule has 0 bridgehead atoms. The topological polar surface area (TPSA) is 50.7 Å². The standard InChI is InChI=1S/C28H32N2O2S/c1-18-11-12-19(2)24(15-18)30-27(31)26-23-9-7-5-6-8-10-25(23)33-28(26)29-17-21-13-14-22(32-4)16-20(21)3/h11-17H,5-10H2,1-4H3,(H,30,31). The predicted molar refractivity (Wildman–Crippen MR) is 139 cm³/mol. The Morgan fingerprint density at radius 3 is 2.55 bits per heavy atom. The molecule has 0 atom stereocenters. The maximum Gasteiger partial charge on any atom is 0.259 e. The van der Waals surface area contributed by atoms with E-state index < -0.39 is 0 Å². The van der Waals surface area contributed by atoms with Crippen LogP contribution in [-0.4, -0.2) is 19.2 Å². The molecule has 33 heavy (non-hydrogen) atoms. The number of rotatable bonds is 5. The van der Waals surface area contributed by atoms with Gasteiger partial charge in [0.15, 0.2) is 0 Å². The highest BCUT2D eigenvalue weighted by Crippen LogP contribution is 2.39. The summed E-state index contributed by atoms with van der Waals surface area (Å²) < 4.78 is 5.32. The number of benzene rings is 2. The number of hydrogen-bond acceptors (Lipinski definition) is 4. The van der Waals surface area contributed by atoms with Crippen LogP contribution in [0.1, 0.15) is 68.7 Å². The molecule has 3 aromatic rings. The van der Waals surface area contributed by atoms with Crippen molar-refractivity contribution in [1.82, 2.24) is 0 Å². The van der Waals surface area contributed by atoms with Crippen molar-refractivity contribution >= 4 is 34.1 Å². The van der Waals surface area contributed by atoms with Gasteiger partial charge in [-0.25, -0.2) is 4.99 Å². The molecule has 1 N–H and O–H groups in total. The van der Waals surface area contributed by atoms with E-state index in [1.54, 1.807) is 18.4 Å². The minimum atomic E-state index is -0.0552. The van der Waals surface area contributed by atoms with Crippen LogP contribution >= 0.6 is 11.3 Å². The molecule has 0 fully saturated rings. The average molecular weight is 461 g/mol. The van der Waals surface area contributed by atoms with Gasteiger partial charge in [-0.15, -0.1) is 11.3 Å². The number of hydrogen-bond donors (Lipinski definition) is 1. The Hall–Kier alpha value is -2.92. The van der Waals surface area contributed by atoms with Gasteiger partial charge in [-0.2, -0.15) is 0 Å². The van der Waals surface area contributed by atoms with E-state index in [1.807, 2.05) is 51.3 Å². The van der Waals surface area contributed by atoms with Crippen LogP contribution in [0.25, 0.3) is 0 Å². The molecule has 1 aliphatic carbocycles. The number of methoxy groups -OCH3 is 1. The predicted octanol–water partition coefficient (Wildman–Crippen LogP) is 7.34. The zero-order chi connectivity index (χ0) is 23.4. The molecule has 4 rings (SSSR count). The molecule has 0 aliphatic heterocycles. The van der Waals surface area contributed by atoms with Crippen molar-refractivity contribution in [3.05, 3.63) is 74.7 Å². The Balaban J connectivity index is 1.72. The van der Waals surface area contributed by atoms with Gasteiger partial charge in [0, 0.05) is 16.8 Å². The average Bonchev–Trinajstić information content (AvgIpc) is 3.11. The van der Waals surface area contributed by atoms with E-state index in [9.17, 15) is 4.79 Å². The molecule has 1 aromatic heterocycles. The number of ether oxygens (including phenoxy) is 1. The van der Waals surface area contributed by atoms with Gasteiger partial charge in [-0.3, -0.25) is 4.79 Å². The molecule has 0 radical (unpaired) electrons. The fourth-order valence-corrected chi connectivity index (χ4v) is 5.56. The van der Waals surface area contributed by atoms with E-state index in [4.69, 9.17) is 9.73 Å². The quantitative estimate of drug-likeness (QED) is 0.405. The fourth-order valence-electron chi connectivity index (χ4n) is 4.33. The summed E-state index contributed by atoms with van der Waals surface area (Å²) in [6, 6.07) is 12.1. The number of nitrogens with zero attached hydrogens (tertiary/aromatic N) is 1. The van der Waals surface area contributed by atoms with Crippen molar-refractivity contribution in [3.63, 3.8) is 0 Å². The molecule has 2 aromatic carbocycles. The van der Waals surface area contributed by atoms with Gasteiger partial charge in [0.25, 0.3) is 5.91 Å². The number of anilines is 1. The lowest BCUT2D eigenvalue weighted by atomic mass is 9.96. The summed E-state index contributed by atoms with van der Waals surface area (Å²) in [5.74, 6) is 0.776. The van der Waals surface area contributed by atoms with Gasteiger partial charge in [0.05, 0.1) is 12.7 Å². The lowest BCUT2D eigenvalue weighted by Gasteiger charge is -2.13. The molecule has 0 saturated heterocycles. The van der Waals surface area contributed by atoms with Crippen molar-refractivity contribution < 1.29 is 9.53 Å². The third-order valence-corrected chi connectivity index (χ3v) is 7.52. The lowest BCUT2D eigenvalue weighted by molar-refractivity contribution is 0.102. The number of aliphatic imine (C=N–C) groups is 1. The van der Waals surface area contributed by atoms with Gasteiger partial charge in [0.2, 0.25) is 0 Å². The summed E-state index contributed by atoms with van der Waals surface area (Å²) in [4.78, 5) is 19.8. The second kappa shape index (κ2) is 10.3. The highest BCUT2D eigenvalue weighted by atomic mass is 32.1. The van der Waals surface area contributed by atoms with Crippen LogP contribution in [0.5, 0.6) is 5.75 Å². The normalized spacial score (nSPS) is 13.9. The number of thiophene rings is 1. The first-order valence-corrected chi connectivity index (χ1v) is 12.5. The smallest absolute Gasteiger partial charge is 0.259 e. The first kappa shape index (κ1) is 23.2. The Morgan fingerprint density at radius 2 is 1.79 bits per heavy atom. The Labute approximate surface area is 200 Å². The molecule has 0 unspecified atom stereocenters. The van der Waals surface area contributed by atoms with Crippen LogP contribution < -0.4 is 10.1 Å². The lowest BCUT2D eigenvalue weighted by Crippen LogP contribution is -2.15. The molecular formula is C28H32N2O2S. The summed E-state index contributed by atoms with van der Waals surface area (Å²) in [7, 11) is 1.67. The number of carbonyl (C=O) groups is 1. The largest absolute Gasteiger partial charge is 0.497 e. The number of nitrogens with one attached hydrogen (secondary N) is 1. The maximum atomic E-state index is 13.6. The van der Waals surface area contributed by atoms with Crippen LogP contribution in [0.2, 0.25) is 0 Å². The van der Waals surface area contributed by atoms with Crippen molar-refractivity contribution in [2.24, 2.45) is 4.99 Å². The molecule has 172 valence electrons. The Morgan fingerprint density at radius 1 is 1.00 bits per heavy atom. The molecule has 5 heteroatoms. The van der Waals surface area contributed by atoms with E-state index in [2.05, 4.69) is 17.4 Å². The number of aryl methyl sites for hydroxylation is 4.